The molecule has 120 valence electrons. The van der Waals surface area contributed by atoms with Crippen LogP contribution in [0, 0.1) is 13.8 Å². The quantitative estimate of drug-likeness (QED) is 0.588. The smallest absolute Gasteiger partial charge is 0.122 e. The van der Waals surface area contributed by atoms with E-state index in [0.717, 1.165) is 24.8 Å². The van der Waals surface area contributed by atoms with Gasteiger partial charge in [-0.15, -0.1) is 0 Å². The van der Waals surface area contributed by atoms with E-state index in [4.69, 9.17) is 0 Å². The predicted octanol–water partition coefficient (Wildman–Crippen LogP) is 6.04. The van der Waals surface area contributed by atoms with Crippen LogP contribution in [0.4, 0.5) is 0 Å². The molecule has 0 aromatic heterocycles. The lowest BCUT2D eigenvalue weighted by Gasteiger charge is -2.21. The van der Waals surface area contributed by atoms with Crippen LogP contribution in [-0.2, 0) is 19.3 Å². The number of rotatable bonds is 9. The molecule has 0 saturated carbocycles. The Morgan fingerprint density at radius 1 is 0.619 bits per heavy atom. The second-order valence-electron chi connectivity index (χ2n) is 6.34. The SMILES string of the molecule is CCCCc1c(C)c(O)c(CCCC)c(CCCC)c1C. The molecule has 1 heteroatoms. The average molecular weight is 290 g/mol. The van der Waals surface area contributed by atoms with E-state index >= 15 is 0 Å². The molecular weight excluding hydrogens is 256 g/mol. The molecule has 21 heavy (non-hydrogen) atoms. The Morgan fingerprint density at radius 2 is 1.05 bits per heavy atom. The molecule has 0 heterocycles. The van der Waals surface area contributed by atoms with Gasteiger partial charge in [-0.1, -0.05) is 40.0 Å². The van der Waals surface area contributed by atoms with E-state index in [1.54, 1.807) is 0 Å². The minimum Gasteiger partial charge on any atom is -0.507 e. The first-order valence-corrected chi connectivity index (χ1v) is 8.91. The van der Waals surface area contributed by atoms with Gasteiger partial charge in [0.25, 0.3) is 0 Å². The van der Waals surface area contributed by atoms with Gasteiger partial charge in [-0.25, -0.2) is 0 Å². The Kier molecular flexibility index (Phi) is 7.85. The van der Waals surface area contributed by atoms with E-state index in [9.17, 15) is 5.11 Å². The minimum atomic E-state index is 0.589. The van der Waals surface area contributed by atoms with Crippen molar-refractivity contribution in [2.45, 2.75) is 92.4 Å². The summed E-state index contributed by atoms with van der Waals surface area (Å²) in [5.41, 5.74) is 6.67. The molecule has 0 amide bonds. The van der Waals surface area contributed by atoms with Crippen molar-refractivity contribution >= 4 is 0 Å². The molecule has 0 atom stereocenters. The van der Waals surface area contributed by atoms with Crippen LogP contribution in [0.1, 0.15) is 87.1 Å². The summed E-state index contributed by atoms with van der Waals surface area (Å²) in [6.45, 7) is 11.1. The number of phenols is 1. The maximum Gasteiger partial charge on any atom is 0.122 e. The largest absolute Gasteiger partial charge is 0.507 e. The maximum absolute atomic E-state index is 10.7. The van der Waals surface area contributed by atoms with Crippen molar-refractivity contribution in [3.8, 4) is 5.75 Å². The zero-order valence-electron chi connectivity index (χ0n) is 14.8. The molecule has 0 aliphatic heterocycles. The molecule has 1 rings (SSSR count). The first kappa shape index (κ1) is 18.1. The summed E-state index contributed by atoms with van der Waals surface area (Å²) in [4.78, 5) is 0. The van der Waals surface area contributed by atoms with Crippen LogP contribution in [0.5, 0.6) is 5.75 Å². The maximum atomic E-state index is 10.7. The summed E-state index contributed by atoms with van der Waals surface area (Å²) in [5, 5.41) is 10.7. The molecule has 0 aliphatic carbocycles. The molecule has 1 nitrogen and oxygen atoms in total. The highest BCUT2D eigenvalue weighted by Crippen LogP contribution is 2.35. The summed E-state index contributed by atoms with van der Waals surface area (Å²) < 4.78 is 0. The van der Waals surface area contributed by atoms with Gasteiger partial charge in [-0.2, -0.15) is 0 Å². The van der Waals surface area contributed by atoms with Crippen molar-refractivity contribution in [3.05, 3.63) is 27.8 Å². The van der Waals surface area contributed by atoms with Crippen LogP contribution in [0.15, 0.2) is 0 Å². The van der Waals surface area contributed by atoms with E-state index in [1.807, 2.05) is 0 Å². The number of hydrogen-bond acceptors (Lipinski definition) is 1. The number of hydrogen-bond donors (Lipinski definition) is 1. The second kappa shape index (κ2) is 9.12. The Labute approximate surface area is 131 Å². The summed E-state index contributed by atoms with van der Waals surface area (Å²) in [5.74, 6) is 0.589. The molecule has 0 spiro atoms. The molecule has 1 aromatic carbocycles. The third-order valence-electron chi connectivity index (χ3n) is 4.70. The van der Waals surface area contributed by atoms with Gasteiger partial charge in [-0.3, -0.25) is 0 Å². The van der Waals surface area contributed by atoms with Crippen molar-refractivity contribution in [1.29, 1.82) is 0 Å². The Hall–Kier alpha value is -0.980. The lowest BCUT2D eigenvalue weighted by molar-refractivity contribution is 0.459. The van der Waals surface area contributed by atoms with Crippen LogP contribution in [0.3, 0.4) is 0 Å². The lowest BCUT2D eigenvalue weighted by atomic mass is 9.85. The molecule has 1 N–H and O–H groups in total. The van der Waals surface area contributed by atoms with Crippen molar-refractivity contribution in [2.75, 3.05) is 0 Å². The van der Waals surface area contributed by atoms with Crippen molar-refractivity contribution in [1.82, 2.24) is 0 Å². The number of phenolic OH excluding ortho intramolecular Hbond substituents is 1. The second-order valence-corrected chi connectivity index (χ2v) is 6.34. The predicted molar refractivity (Wildman–Crippen MR) is 93.4 cm³/mol. The molecule has 1 aromatic rings. The fourth-order valence-electron chi connectivity index (χ4n) is 3.25. The highest BCUT2D eigenvalue weighted by molar-refractivity contribution is 5.54. The summed E-state index contributed by atoms with van der Waals surface area (Å²) in [6, 6.07) is 0. The van der Waals surface area contributed by atoms with Crippen LogP contribution in [0.25, 0.3) is 0 Å². The minimum absolute atomic E-state index is 0.589. The van der Waals surface area contributed by atoms with Gasteiger partial charge in [0.05, 0.1) is 0 Å². The highest BCUT2D eigenvalue weighted by Gasteiger charge is 2.18. The summed E-state index contributed by atoms with van der Waals surface area (Å²) in [7, 11) is 0. The lowest BCUT2D eigenvalue weighted by Crippen LogP contribution is -2.06. The number of benzene rings is 1. The van der Waals surface area contributed by atoms with Gasteiger partial charge in [0.2, 0.25) is 0 Å². The van der Waals surface area contributed by atoms with Gasteiger partial charge in [0.1, 0.15) is 5.75 Å². The first-order chi connectivity index (χ1) is 10.1. The van der Waals surface area contributed by atoms with Crippen LogP contribution >= 0.6 is 0 Å². The van der Waals surface area contributed by atoms with Crippen LogP contribution in [0.2, 0.25) is 0 Å². The molecule has 0 aliphatic rings. The van der Waals surface area contributed by atoms with E-state index in [1.165, 1.54) is 60.8 Å². The van der Waals surface area contributed by atoms with Crippen molar-refractivity contribution in [3.63, 3.8) is 0 Å². The van der Waals surface area contributed by atoms with Crippen molar-refractivity contribution < 1.29 is 5.11 Å². The normalized spacial score (nSPS) is 11.1. The van der Waals surface area contributed by atoms with Gasteiger partial charge in [0.15, 0.2) is 0 Å². The standard InChI is InChI=1S/C20H34O/c1-6-9-12-17-15(4)18(13-10-7-2)19(14-11-8-3)20(21)16(17)5/h21H,6-14H2,1-5H3. The Bertz CT molecular complexity index is 446. The average Bonchev–Trinajstić information content (AvgIpc) is 2.48. The van der Waals surface area contributed by atoms with Gasteiger partial charge >= 0.3 is 0 Å². The molecule has 0 bridgehead atoms. The van der Waals surface area contributed by atoms with Crippen molar-refractivity contribution in [2.24, 2.45) is 0 Å². The van der Waals surface area contributed by atoms with Crippen LogP contribution < -0.4 is 0 Å². The Balaban J connectivity index is 3.27. The third kappa shape index (κ3) is 4.49. The number of aromatic hydroxyl groups is 1. The van der Waals surface area contributed by atoms with Gasteiger partial charge in [0, 0.05) is 0 Å². The summed E-state index contributed by atoms with van der Waals surface area (Å²) in [6.07, 6.45) is 10.5. The Morgan fingerprint density at radius 3 is 1.52 bits per heavy atom. The molecule has 0 radical (unpaired) electrons. The zero-order chi connectivity index (χ0) is 15.8. The third-order valence-corrected chi connectivity index (χ3v) is 4.70. The molecule has 0 fully saturated rings. The van der Waals surface area contributed by atoms with Gasteiger partial charge in [-0.05, 0) is 80.2 Å². The van der Waals surface area contributed by atoms with E-state index in [2.05, 4.69) is 34.6 Å². The van der Waals surface area contributed by atoms with E-state index in [-0.39, 0.29) is 0 Å². The fourth-order valence-corrected chi connectivity index (χ4v) is 3.25. The highest BCUT2D eigenvalue weighted by atomic mass is 16.3. The van der Waals surface area contributed by atoms with Crippen LogP contribution in [-0.4, -0.2) is 5.11 Å². The fraction of sp³-hybridized carbons (Fsp3) is 0.700. The van der Waals surface area contributed by atoms with E-state index in [0.29, 0.717) is 5.75 Å². The monoisotopic (exact) mass is 290 g/mol. The first-order valence-electron chi connectivity index (χ1n) is 8.91. The topological polar surface area (TPSA) is 20.2 Å². The number of unbranched alkanes of at least 4 members (excludes halogenated alkanes) is 3. The zero-order valence-corrected chi connectivity index (χ0v) is 14.8. The molecule has 0 saturated heterocycles. The molecular formula is C20H34O. The van der Waals surface area contributed by atoms with Gasteiger partial charge < -0.3 is 5.11 Å². The molecule has 0 unspecified atom stereocenters. The summed E-state index contributed by atoms with van der Waals surface area (Å²) >= 11 is 0. The van der Waals surface area contributed by atoms with E-state index < -0.39 is 0 Å².